The molecule has 0 atom stereocenters. The SMILES string of the molecule is COC(=O)c1ccn2c(C(=O)c3ccc(Cl)cc3)cc(Br)c2c1. The molecular formula is C17H11BrClNO3. The van der Waals surface area contributed by atoms with Gasteiger partial charge in [-0.25, -0.2) is 4.79 Å². The van der Waals surface area contributed by atoms with E-state index in [1.54, 1.807) is 53.1 Å². The van der Waals surface area contributed by atoms with E-state index in [4.69, 9.17) is 16.3 Å². The number of hydrogen-bond acceptors (Lipinski definition) is 3. The van der Waals surface area contributed by atoms with E-state index >= 15 is 0 Å². The van der Waals surface area contributed by atoms with Gasteiger partial charge in [0.2, 0.25) is 5.78 Å². The molecule has 0 unspecified atom stereocenters. The Kier molecular flexibility index (Phi) is 4.24. The molecule has 0 aliphatic heterocycles. The van der Waals surface area contributed by atoms with Gasteiger partial charge in [-0.05, 0) is 58.4 Å². The van der Waals surface area contributed by atoms with E-state index < -0.39 is 5.97 Å². The zero-order valence-corrected chi connectivity index (χ0v) is 14.4. The van der Waals surface area contributed by atoms with Gasteiger partial charge in [-0.15, -0.1) is 0 Å². The molecule has 6 heteroatoms. The Morgan fingerprint density at radius 2 is 1.78 bits per heavy atom. The molecule has 3 aromatic rings. The van der Waals surface area contributed by atoms with Crippen molar-refractivity contribution in [3.63, 3.8) is 0 Å². The number of carbonyl (C=O) groups excluding carboxylic acids is 2. The third-order valence-corrected chi connectivity index (χ3v) is 4.37. The molecule has 3 rings (SSSR count). The molecule has 2 heterocycles. The molecule has 0 radical (unpaired) electrons. The lowest BCUT2D eigenvalue weighted by Gasteiger charge is -2.05. The molecule has 0 aliphatic carbocycles. The van der Waals surface area contributed by atoms with E-state index in [-0.39, 0.29) is 5.78 Å². The van der Waals surface area contributed by atoms with Gasteiger partial charge in [0.05, 0.1) is 23.9 Å². The van der Waals surface area contributed by atoms with E-state index in [2.05, 4.69) is 15.9 Å². The molecule has 2 aromatic heterocycles. The van der Waals surface area contributed by atoms with Crippen molar-refractivity contribution in [2.75, 3.05) is 7.11 Å². The first-order valence-corrected chi connectivity index (χ1v) is 7.87. The molecule has 1 aromatic carbocycles. The van der Waals surface area contributed by atoms with Crippen LogP contribution in [0, 0.1) is 0 Å². The monoisotopic (exact) mass is 391 g/mol. The minimum absolute atomic E-state index is 0.131. The van der Waals surface area contributed by atoms with E-state index in [1.165, 1.54) is 7.11 Å². The highest BCUT2D eigenvalue weighted by Gasteiger charge is 2.17. The van der Waals surface area contributed by atoms with Gasteiger partial charge in [-0.1, -0.05) is 11.6 Å². The molecule has 4 nitrogen and oxygen atoms in total. The van der Waals surface area contributed by atoms with Gasteiger partial charge in [-0.3, -0.25) is 4.79 Å². The summed E-state index contributed by atoms with van der Waals surface area (Å²) in [5, 5.41) is 0.575. The van der Waals surface area contributed by atoms with E-state index in [0.717, 1.165) is 4.47 Å². The topological polar surface area (TPSA) is 47.8 Å². The van der Waals surface area contributed by atoms with Gasteiger partial charge in [0.1, 0.15) is 0 Å². The van der Waals surface area contributed by atoms with Gasteiger partial charge in [0, 0.05) is 21.3 Å². The Morgan fingerprint density at radius 1 is 1.09 bits per heavy atom. The highest BCUT2D eigenvalue weighted by atomic mass is 79.9. The number of hydrogen-bond donors (Lipinski definition) is 0. The Balaban J connectivity index is 2.10. The summed E-state index contributed by atoms with van der Waals surface area (Å²) in [6.07, 6.45) is 1.68. The van der Waals surface area contributed by atoms with E-state index in [0.29, 0.717) is 27.4 Å². The van der Waals surface area contributed by atoms with Crippen LogP contribution in [0.5, 0.6) is 0 Å². The number of ether oxygens (including phenoxy) is 1. The maximum atomic E-state index is 12.7. The summed E-state index contributed by atoms with van der Waals surface area (Å²) in [5.74, 6) is -0.556. The van der Waals surface area contributed by atoms with Crippen molar-refractivity contribution in [3.8, 4) is 0 Å². The number of benzene rings is 1. The third-order valence-electron chi connectivity index (χ3n) is 3.48. The molecule has 0 bridgehead atoms. The number of ketones is 1. The predicted molar refractivity (Wildman–Crippen MR) is 91.3 cm³/mol. The van der Waals surface area contributed by atoms with Crippen LogP contribution in [0.2, 0.25) is 5.02 Å². The van der Waals surface area contributed by atoms with Crippen LogP contribution in [0.3, 0.4) is 0 Å². The first-order valence-electron chi connectivity index (χ1n) is 6.70. The summed E-state index contributed by atoms with van der Waals surface area (Å²) in [6, 6.07) is 11.7. The average Bonchev–Trinajstić information content (AvgIpc) is 2.90. The molecular weight excluding hydrogens is 382 g/mol. The van der Waals surface area contributed by atoms with Crippen molar-refractivity contribution < 1.29 is 14.3 Å². The highest BCUT2D eigenvalue weighted by molar-refractivity contribution is 9.10. The molecule has 23 heavy (non-hydrogen) atoms. The molecule has 116 valence electrons. The standard InChI is InChI=1S/C17H11BrClNO3/c1-23-17(22)11-6-7-20-14(8-11)13(18)9-15(20)16(21)10-2-4-12(19)5-3-10/h2-9H,1H3. The number of methoxy groups -OCH3 is 1. The van der Waals surface area contributed by atoms with Crippen molar-refractivity contribution in [2.45, 2.75) is 0 Å². The molecule has 0 N–H and O–H groups in total. The van der Waals surface area contributed by atoms with Gasteiger partial charge >= 0.3 is 5.97 Å². The number of carbonyl (C=O) groups is 2. The lowest BCUT2D eigenvalue weighted by molar-refractivity contribution is 0.0600. The van der Waals surface area contributed by atoms with Crippen LogP contribution in [-0.2, 0) is 4.74 Å². The van der Waals surface area contributed by atoms with Crippen molar-refractivity contribution in [3.05, 3.63) is 75.0 Å². The Labute approximate surface area is 145 Å². The summed E-state index contributed by atoms with van der Waals surface area (Å²) >= 11 is 9.28. The minimum Gasteiger partial charge on any atom is -0.465 e. The van der Waals surface area contributed by atoms with E-state index in [1.807, 2.05) is 0 Å². The smallest absolute Gasteiger partial charge is 0.337 e. The lowest BCUT2D eigenvalue weighted by atomic mass is 10.1. The second kappa shape index (κ2) is 6.18. The van der Waals surface area contributed by atoms with Crippen LogP contribution in [0.4, 0.5) is 0 Å². The first kappa shape index (κ1) is 15.8. The maximum absolute atomic E-state index is 12.7. The fraction of sp³-hybridized carbons (Fsp3) is 0.0588. The normalized spacial score (nSPS) is 10.7. The highest BCUT2D eigenvalue weighted by Crippen LogP contribution is 2.26. The number of esters is 1. The molecule has 0 aliphatic rings. The molecule has 0 saturated carbocycles. The number of nitrogens with zero attached hydrogens (tertiary/aromatic N) is 1. The van der Waals surface area contributed by atoms with Crippen molar-refractivity contribution in [1.82, 2.24) is 4.40 Å². The zero-order valence-electron chi connectivity index (χ0n) is 12.0. The van der Waals surface area contributed by atoms with Crippen molar-refractivity contribution >= 4 is 44.8 Å². The number of pyridine rings is 1. The van der Waals surface area contributed by atoms with Gasteiger partial charge < -0.3 is 9.14 Å². The van der Waals surface area contributed by atoms with Crippen molar-refractivity contribution in [2.24, 2.45) is 0 Å². The van der Waals surface area contributed by atoms with Gasteiger partial charge in [0.15, 0.2) is 0 Å². The summed E-state index contributed by atoms with van der Waals surface area (Å²) in [5.41, 5.74) is 2.17. The fourth-order valence-electron chi connectivity index (χ4n) is 2.33. The van der Waals surface area contributed by atoms with Crippen molar-refractivity contribution in [1.29, 1.82) is 0 Å². The second-order valence-electron chi connectivity index (χ2n) is 4.88. The lowest BCUT2D eigenvalue weighted by Crippen LogP contribution is -2.06. The number of aromatic nitrogens is 1. The summed E-state index contributed by atoms with van der Waals surface area (Å²) in [7, 11) is 1.33. The summed E-state index contributed by atoms with van der Waals surface area (Å²) in [4.78, 5) is 24.3. The zero-order chi connectivity index (χ0) is 16.6. The van der Waals surface area contributed by atoms with Crippen LogP contribution >= 0.6 is 27.5 Å². The fourth-order valence-corrected chi connectivity index (χ4v) is 2.97. The Hall–Kier alpha value is -2.11. The van der Waals surface area contributed by atoms with Gasteiger partial charge in [0.25, 0.3) is 0 Å². The minimum atomic E-state index is -0.425. The van der Waals surface area contributed by atoms with Gasteiger partial charge in [-0.2, -0.15) is 0 Å². The summed E-state index contributed by atoms with van der Waals surface area (Å²) < 4.78 is 7.17. The van der Waals surface area contributed by atoms with Crippen LogP contribution < -0.4 is 0 Å². The molecule has 0 amide bonds. The first-order chi connectivity index (χ1) is 11.0. The molecule has 0 saturated heterocycles. The van der Waals surface area contributed by atoms with E-state index in [9.17, 15) is 9.59 Å². The molecule has 0 spiro atoms. The Morgan fingerprint density at radius 3 is 2.43 bits per heavy atom. The largest absolute Gasteiger partial charge is 0.465 e. The summed E-state index contributed by atoms with van der Waals surface area (Å²) in [6.45, 7) is 0. The Bertz CT molecular complexity index is 915. The third kappa shape index (κ3) is 2.90. The van der Waals surface area contributed by atoms with Crippen LogP contribution in [0.25, 0.3) is 5.52 Å². The number of fused-ring (bicyclic) bond motifs is 1. The maximum Gasteiger partial charge on any atom is 0.337 e. The predicted octanol–water partition coefficient (Wildman–Crippen LogP) is 4.37. The van der Waals surface area contributed by atoms with Crippen LogP contribution in [0.15, 0.2) is 53.1 Å². The van der Waals surface area contributed by atoms with Crippen LogP contribution in [-0.4, -0.2) is 23.3 Å². The quantitative estimate of drug-likeness (QED) is 0.491. The average molecular weight is 393 g/mol. The van der Waals surface area contributed by atoms with Crippen LogP contribution in [0.1, 0.15) is 26.4 Å². The molecule has 0 fully saturated rings. The second-order valence-corrected chi connectivity index (χ2v) is 6.17. The number of halogens is 2. The number of rotatable bonds is 3.